The van der Waals surface area contributed by atoms with E-state index in [9.17, 15) is 18.0 Å². The van der Waals surface area contributed by atoms with Crippen LogP contribution in [0.25, 0.3) is 5.65 Å². The number of carboxylic acid groups (broad SMARTS) is 1. The van der Waals surface area contributed by atoms with Gasteiger partial charge in [-0.25, -0.2) is 9.78 Å². The molecule has 3 rings (SSSR count). The fraction of sp³-hybridized carbons (Fsp3) is 0.400. The standard InChI is InChI=1S/C13H15N3OS.C2HF3O2/c1-10-2-3-16-9-11(14-12(16)8-10)13(17)15-4-6-18-7-5-15;3-2(4,5)1(6)7/h2-3,8-9H,4-7H2,1H3;(H,6,7). The third-order valence-corrected chi connectivity index (χ3v) is 4.32. The number of alkyl halides is 3. The minimum Gasteiger partial charge on any atom is -0.475 e. The summed E-state index contributed by atoms with van der Waals surface area (Å²) in [5.41, 5.74) is 2.54. The number of thioether (sulfide) groups is 1. The number of hydrogen-bond acceptors (Lipinski definition) is 4. The highest BCUT2D eigenvalue weighted by atomic mass is 32.2. The minimum atomic E-state index is -5.08. The van der Waals surface area contributed by atoms with Gasteiger partial charge < -0.3 is 14.4 Å². The Kier molecular flexibility index (Phi) is 5.93. The number of carboxylic acids is 1. The fourth-order valence-corrected chi connectivity index (χ4v) is 3.02. The zero-order chi connectivity index (χ0) is 18.6. The Morgan fingerprint density at radius 2 is 1.88 bits per heavy atom. The van der Waals surface area contributed by atoms with Gasteiger partial charge in [0.1, 0.15) is 11.3 Å². The Morgan fingerprint density at radius 3 is 2.44 bits per heavy atom. The molecular weight excluding hydrogens is 359 g/mol. The van der Waals surface area contributed by atoms with Crippen LogP contribution in [0, 0.1) is 6.92 Å². The highest BCUT2D eigenvalue weighted by Gasteiger charge is 2.38. The molecule has 0 unspecified atom stereocenters. The number of aromatic nitrogens is 2. The Labute approximate surface area is 145 Å². The van der Waals surface area contributed by atoms with E-state index in [-0.39, 0.29) is 5.91 Å². The maximum absolute atomic E-state index is 12.3. The number of carbonyl (C=O) groups is 2. The molecule has 1 aliphatic rings. The van der Waals surface area contributed by atoms with Crippen molar-refractivity contribution in [2.75, 3.05) is 24.6 Å². The van der Waals surface area contributed by atoms with E-state index < -0.39 is 12.1 Å². The average Bonchev–Trinajstić information content (AvgIpc) is 2.97. The van der Waals surface area contributed by atoms with Crippen LogP contribution in [-0.4, -0.2) is 62.0 Å². The lowest BCUT2D eigenvalue weighted by atomic mass is 10.3. The van der Waals surface area contributed by atoms with Crippen LogP contribution < -0.4 is 0 Å². The van der Waals surface area contributed by atoms with Crippen LogP contribution in [0.2, 0.25) is 0 Å². The SMILES string of the molecule is Cc1ccn2cc(C(=O)N3CCSCC3)nc2c1.O=C(O)C(F)(F)F. The molecule has 25 heavy (non-hydrogen) atoms. The lowest BCUT2D eigenvalue weighted by Crippen LogP contribution is -2.38. The van der Waals surface area contributed by atoms with E-state index >= 15 is 0 Å². The van der Waals surface area contributed by atoms with Gasteiger partial charge in [-0.15, -0.1) is 0 Å². The van der Waals surface area contributed by atoms with Crippen LogP contribution in [-0.2, 0) is 4.79 Å². The molecular formula is C15H16F3N3O3S. The second-order valence-corrected chi connectivity index (χ2v) is 6.53. The van der Waals surface area contributed by atoms with Crippen LogP contribution in [0.1, 0.15) is 16.1 Å². The summed E-state index contributed by atoms with van der Waals surface area (Å²) in [4.78, 5) is 27.5. The predicted octanol–water partition coefficient (Wildman–Crippen LogP) is 2.47. The van der Waals surface area contributed by atoms with Gasteiger partial charge in [0.05, 0.1) is 0 Å². The molecule has 1 fully saturated rings. The third kappa shape index (κ3) is 5.12. The van der Waals surface area contributed by atoms with Crippen molar-refractivity contribution >= 4 is 29.3 Å². The van der Waals surface area contributed by atoms with E-state index in [4.69, 9.17) is 9.90 Å². The van der Waals surface area contributed by atoms with Gasteiger partial charge in [0.2, 0.25) is 0 Å². The van der Waals surface area contributed by atoms with Gasteiger partial charge in [-0.1, -0.05) is 0 Å². The van der Waals surface area contributed by atoms with Crippen molar-refractivity contribution in [1.82, 2.24) is 14.3 Å². The van der Waals surface area contributed by atoms with Gasteiger partial charge in [-0.3, -0.25) is 4.79 Å². The number of rotatable bonds is 1. The second kappa shape index (κ2) is 7.77. The topological polar surface area (TPSA) is 74.9 Å². The van der Waals surface area contributed by atoms with Crippen LogP contribution >= 0.6 is 11.8 Å². The molecule has 6 nitrogen and oxygen atoms in total. The summed E-state index contributed by atoms with van der Waals surface area (Å²) in [6, 6.07) is 4.00. The molecule has 1 N–H and O–H groups in total. The number of nitrogens with zero attached hydrogens (tertiary/aromatic N) is 3. The lowest BCUT2D eigenvalue weighted by molar-refractivity contribution is -0.192. The largest absolute Gasteiger partial charge is 0.490 e. The number of fused-ring (bicyclic) bond motifs is 1. The molecule has 1 aliphatic heterocycles. The monoisotopic (exact) mass is 375 g/mol. The zero-order valence-corrected chi connectivity index (χ0v) is 14.1. The number of halogens is 3. The van der Waals surface area contributed by atoms with Gasteiger partial charge in [-0.05, 0) is 24.6 Å². The molecule has 0 aromatic carbocycles. The molecule has 0 aliphatic carbocycles. The number of amides is 1. The first kappa shape index (κ1) is 19.1. The third-order valence-electron chi connectivity index (χ3n) is 3.38. The van der Waals surface area contributed by atoms with E-state index in [0.29, 0.717) is 5.69 Å². The van der Waals surface area contributed by atoms with Gasteiger partial charge in [-0.2, -0.15) is 24.9 Å². The van der Waals surface area contributed by atoms with Gasteiger partial charge in [0.25, 0.3) is 5.91 Å². The number of pyridine rings is 1. The normalized spacial score (nSPS) is 14.8. The summed E-state index contributed by atoms with van der Waals surface area (Å²) in [7, 11) is 0. The van der Waals surface area contributed by atoms with Crippen molar-refractivity contribution < 1.29 is 27.9 Å². The van der Waals surface area contributed by atoms with Crippen molar-refractivity contribution in [2.45, 2.75) is 13.1 Å². The number of imidazole rings is 1. The Hall–Kier alpha value is -2.23. The summed E-state index contributed by atoms with van der Waals surface area (Å²) < 4.78 is 33.6. The molecule has 136 valence electrons. The molecule has 0 saturated carbocycles. The average molecular weight is 375 g/mol. The van der Waals surface area contributed by atoms with Crippen molar-refractivity contribution in [3.05, 3.63) is 35.8 Å². The molecule has 0 bridgehead atoms. The van der Waals surface area contributed by atoms with E-state index in [0.717, 1.165) is 35.8 Å². The van der Waals surface area contributed by atoms with Crippen LogP contribution in [0.5, 0.6) is 0 Å². The highest BCUT2D eigenvalue weighted by Crippen LogP contribution is 2.14. The van der Waals surface area contributed by atoms with Gasteiger partial charge in [0, 0.05) is 37.0 Å². The van der Waals surface area contributed by atoms with Crippen molar-refractivity contribution in [3.8, 4) is 0 Å². The van der Waals surface area contributed by atoms with E-state index in [2.05, 4.69) is 4.98 Å². The fourth-order valence-electron chi connectivity index (χ4n) is 2.12. The maximum atomic E-state index is 12.3. The van der Waals surface area contributed by atoms with E-state index in [1.54, 1.807) is 0 Å². The van der Waals surface area contributed by atoms with E-state index in [1.807, 2.05) is 52.5 Å². The molecule has 1 amide bonds. The molecule has 0 spiro atoms. The molecule has 2 aromatic rings. The summed E-state index contributed by atoms with van der Waals surface area (Å²) >= 11 is 1.90. The molecule has 3 heterocycles. The van der Waals surface area contributed by atoms with Gasteiger partial charge >= 0.3 is 12.1 Å². The Balaban J connectivity index is 0.000000277. The Morgan fingerprint density at radius 1 is 1.28 bits per heavy atom. The first-order chi connectivity index (χ1) is 11.7. The summed E-state index contributed by atoms with van der Waals surface area (Å²) in [5.74, 6) is -0.652. The lowest BCUT2D eigenvalue weighted by Gasteiger charge is -2.25. The highest BCUT2D eigenvalue weighted by molar-refractivity contribution is 7.99. The quantitative estimate of drug-likeness (QED) is 0.829. The molecule has 0 radical (unpaired) electrons. The zero-order valence-electron chi connectivity index (χ0n) is 13.3. The Bertz CT molecular complexity index is 770. The molecule has 1 saturated heterocycles. The summed E-state index contributed by atoms with van der Waals surface area (Å²) in [5, 5.41) is 7.12. The first-order valence-corrected chi connectivity index (χ1v) is 8.46. The molecule has 0 atom stereocenters. The first-order valence-electron chi connectivity index (χ1n) is 7.31. The second-order valence-electron chi connectivity index (χ2n) is 5.30. The number of hydrogen-bond donors (Lipinski definition) is 1. The number of aryl methyl sites for hydroxylation is 1. The summed E-state index contributed by atoms with van der Waals surface area (Å²) in [6.45, 7) is 3.69. The van der Waals surface area contributed by atoms with Crippen LogP contribution in [0.15, 0.2) is 24.5 Å². The van der Waals surface area contributed by atoms with Crippen molar-refractivity contribution in [1.29, 1.82) is 0 Å². The van der Waals surface area contributed by atoms with Crippen molar-refractivity contribution in [3.63, 3.8) is 0 Å². The maximum Gasteiger partial charge on any atom is 0.490 e. The number of aliphatic carboxylic acids is 1. The molecule has 10 heteroatoms. The summed E-state index contributed by atoms with van der Waals surface area (Å²) in [6.07, 6.45) is -1.32. The molecule has 2 aromatic heterocycles. The van der Waals surface area contributed by atoms with Gasteiger partial charge in [0.15, 0.2) is 0 Å². The smallest absolute Gasteiger partial charge is 0.475 e. The minimum absolute atomic E-state index is 0.0525. The van der Waals surface area contributed by atoms with Crippen molar-refractivity contribution in [2.24, 2.45) is 0 Å². The van der Waals surface area contributed by atoms with E-state index in [1.165, 1.54) is 0 Å². The predicted molar refractivity (Wildman–Crippen MR) is 86.8 cm³/mol. The van der Waals surface area contributed by atoms with Crippen LogP contribution in [0.4, 0.5) is 13.2 Å². The van der Waals surface area contributed by atoms with Crippen LogP contribution in [0.3, 0.4) is 0 Å². The number of carbonyl (C=O) groups excluding carboxylic acids is 1.